The van der Waals surface area contributed by atoms with Gasteiger partial charge in [0.2, 0.25) is 17.8 Å². The minimum Gasteiger partial charge on any atom is -0.369 e. The molecule has 3 heterocycles. The first kappa shape index (κ1) is 26.1. The maximum absolute atomic E-state index is 13.7. The predicted octanol–water partition coefficient (Wildman–Crippen LogP) is 3.43. The van der Waals surface area contributed by atoms with Crippen molar-refractivity contribution >= 4 is 23.5 Å². The molecule has 2 aromatic heterocycles. The number of hydrogen-bond donors (Lipinski definition) is 2. The highest BCUT2D eigenvalue weighted by Crippen LogP contribution is 2.32. The number of alkyl halides is 3. The van der Waals surface area contributed by atoms with Crippen LogP contribution in [0.25, 0.3) is 0 Å². The summed E-state index contributed by atoms with van der Waals surface area (Å²) in [7, 11) is 0. The van der Waals surface area contributed by atoms with E-state index in [0.29, 0.717) is 24.3 Å². The molecule has 1 saturated heterocycles. The van der Waals surface area contributed by atoms with Crippen LogP contribution in [0.2, 0.25) is 0 Å². The number of carbonyl (C=O) groups is 2. The lowest BCUT2D eigenvalue weighted by Gasteiger charge is -2.31. The van der Waals surface area contributed by atoms with E-state index in [1.807, 2.05) is 0 Å². The van der Waals surface area contributed by atoms with E-state index < -0.39 is 17.6 Å². The van der Waals surface area contributed by atoms with Crippen LogP contribution in [0.15, 0.2) is 42.9 Å². The standard InChI is InChI=1S/C25H28F3N7O2/c1-16(36)34-10-8-20(9-11-34)35-15-19(13-31-35)32-24-30-14-21(25(26,27)28)22(33-24)7-6-17-4-2-3-5-18(17)12-23(29)37/h2-5,13-15,20H,6-12H2,1H3,(H2,29,37)(H,30,32,33). The average Bonchev–Trinajstić information content (AvgIpc) is 3.31. The molecule has 37 heavy (non-hydrogen) atoms. The molecule has 196 valence electrons. The normalized spacial score (nSPS) is 14.5. The van der Waals surface area contributed by atoms with Gasteiger partial charge in [-0.25, -0.2) is 9.97 Å². The molecule has 0 radical (unpaired) electrons. The molecule has 9 nitrogen and oxygen atoms in total. The third-order valence-corrected chi connectivity index (χ3v) is 6.43. The zero-order chi connectivity index (χ0) is 26.6. The van der Waals surface area contributed by atoms with E-state index in [0.717, 1.165) is 24.6 Å². The number of benzene rings is 1. The summed E-state index contributed by atoms with van der Waals surface area (Å²) in [5.41, 5.74) is 6.21. The van der Waals surface area contributed by atoms with Crippen LogP contribution >= 0.6 is 0 Å². The summed E-state index contributed by atoms with van der Waals surface area (Å²) in [5.74, 6) is -0.436. The summed E-state index contributed by atoms with van der Waals surface area (Å²) in [6, 6.07) is 7.14. The van der Waals surface area contributed by atoms with E-state index in [1.165, 1.54) is 0 Å². The Morgan fingerprint density at radius 1 is 1.11 bits per heavy atom. The van der Waals surface area contributed by atoms with Crippen molar-refractivity contribution in [1.82, 2.24) is 24.6 Å². The number of rotatable bonds is 8. The van der Waals surface area contributed by atoms with Gasteiger partial charge in [0, 0.05) is 32.4 Å². The van der Waals surface area contributed by atoms with Gasteiger partial charge in [0.1, 0.15) is 0 Å². The summed E-state index contributed by atoms with van der Waals surface area (Å²) < 4.78 is 42.8. The number of primary amides is 1. The molecule has 1 aromatic carbocycles. The molecular weight excluding hydrogens is 487 g/mol. The van der Waals surface area contributed by atoms with Crippen LogP contribution < -0.4 is 11.1 Å². The van der Waals surface area contributed by atoms with Crippen molar-refractivity contribution in [3.8, 4) is 0 Å². The number of nitrogens with two attached hydrogens (primary N) is 1. The van der Waals surface area contributed by atoms with Crippen LogP contribution in [0.5, 0.6) is 0 Å². The molecule has 2 amide bonds. The van der Waals surface area contributed by atoms with E-state index in [-0.39, 0.29) is 42.9 Å². The van der Waals surface area contributed by atoms with Gasteiger partial charge in [-0.2, -0.15) is 18.3 Å². The monoisotopic (exact) mass is 515 g/mol. The maximum Gasteiger partial charge on any atom is 0.419 e. The van der Waals surface area contributed by atoms with Gasteiger partial charge in [-0.15, -0.1) is 0 Å². The molecular formula is C25H28F3N7O2. The summed E-state index contributed by atoms with van der Waals surface area (Å²) in [5, 5.41) is 7.32. The van der Waals surface area contributed by atoms with Crippen molar-refractivity contribution in [2.45, 2.75) is 51.2 Å². The van der Waals surface area contributed by atoms with Crippen LogP contribution in [0.3, 0.4) is 0 Å². The summed E-state index contributed by atoms with van der Waals surface area (Å²) in [6.07, 6.45) is 1.28. The number of aryl methyl sites for hydroxylation is 2. The fraction of sp³-hybridized carbons (Fsp3) is 0.400. The van der Waals surface area contributed by atoms with Crippen LogP contribution in [0.4, 0.5) is 24.8 Å². The number of carbonyl (C=O) groups excluding carboxylic acids is 2. The maximum atomic E-state index is 13.7. The molecule has 12 heteroatoms. The molecule has 1 aliphatic rings. The number of halogens is 3. The lowest BCUT2D eigenvalue weighted by atomic mass is 9.98. The molecule has 0 aliphatic carbocycles. The highest BCUT2D eigenvalue weighted by atomic mass is 19.4. The number of nitrogens with one attached hydrogen (secondary N) is 1. The SMILES string of the molecule is CC(=O)N1CCC(n2cc(Nc3ncc(C(F)(F)F)c(CCc4ccccc4CC(N)=O)n3)cn2)CC1. The number of anilines is 2. The Balaban J connectivity index is 1.49. The Bertz CT molecular complexity index is 1270. The van der Waals surface area contributed by atoms with Crippen LogP contribution in [0, 0.1) is 0 Å². The summed E-state index contributed by atoms with van der Waals surface area (Å²) >= 11 is 0. The topological polar surface area (TPSA) is 119 Å². The minimum absolute atomic E-state index is 0.00416. The molecule has 1 fully saturated rings. The highest BCUT2D eigenvalue weighted by molar-refractivity contribution is 5.77. The fourth-order valence-electron chi connectivity index (χ4n) is 4.50. The molecule has 1 aliphatic heterocycles. The molecule has 3 N–H and O–H groups in total. The zero-order valence-electron chi connectivity index (χ0n) is 20.3. The molecule has 0 saturated carbocycles. The number of likely N-dealkylation sites (tertiary alicyclic amines) is 1. The van der Waals surface area contributed by atoms with E-state index in [9.17, 15) is 22.8 Å². The van der Waals surface area contributed by atoms with Gasteiger partial charge >= 0.3 is 6.18 Å². The number of piperidine rings is 1. The predicted molar refractivity (Wildman–Crippen MR) is 130 cm³/mol. The highest BCUT2D eigenvalue weighted by Gasteiger charge is 2.35. The number of nitrogens with zero attached hydrogens (tertiary/aromatic N) is 5. The first-order chi connectivity index (χ1) is 17.6. The fourth-order valence-corrected chi connectivity index (χ4v) is 4.50. The average molecular weight is 516 g/mol. The third-order valence-electron chi connectivity index (χ3n) is 6.43. The molecule has 4 rings (SSSR count). The minimum atomic E-state index is -4.61. The van der Waals surface area contributed by atoms with Gasteiger partial charge in [-0.05, 0) is 36.8 Å². The molecule has 0 atom stereocenters. The Labute approximate surface area is 211 Å². The van der Waals surface area contributed by atoms with Gasteiger partial charge in [0.15, 0.2) is 0 Å². The zero-order valence-corrected chi connectivity index (χ0v) is 20.3. The van der Waals surface area contributed by atoms with Crippen molar-refractivity contribution in [3.63, 3.8) is 0 Å². The number of amides is 2. The lowest BCUT2D eigenvalue weighted by Crippen LogP contribution is -2.37. The van der Waals surface area contributed by atoms with Gasteiger partial charge < -0.3 is 16.0 Å². The van der Waals surface area contributed by atoms with Crippen molar-refractivity contribution in [1.29, 1.82) is 0 Å². The molecule has 0 bridgehead atoms. The van der Waals surface area contributed by atoms with Crippen molar-refractivity contribution < 1.29 is 22.8 Å². The Kier molecular flexibility index (Phi) is 7.74. The summed E-state index contributed by atoms with van der Waals surface area (Å²) in [4.78, 5) is 32.8. The third kappa shape index (κ3) is 6.63. The van der Waals surface area contributed by atoms with E-state index in [4.69, 9.17) is 5.73 Å². The number of aromatic nitrogens is 4. The molecule has 0 spiro atoms. The van der Waals surface area contributed by atoms with Crippen LogP contribution in [-0.4, -0.2) is 49.6 Å². The van der Waals surface area contributed by atoms with E-state index in [1.54, 1.807) is 53.2 Å². The number of hydrogen-bond acceptors (Lipinski definition) is 6. The molecule has 3 aromatic rings. The van der Waals surface area contributed by atoms with E-state index in [2.05, 4.69) is 20.4 Å². The van der Waals surface area contributed by atoms with E-state index >= 15 is 0 Å². The van der Waals surface area contributed by atoms with Crippen molar-refractivity contribution in [2.75, 3.05) is 18.4 Å². The quantitative estimate of drug-likeness (QED) is 0.475. The first-order valence-corrected chi connectivity index (χ1v) is 11.9. The van der Waals surface area contributed by atoms with Gasteiger partial charge in [0.25, 0.3) is 0 Å². The summed E-state index contributed by atoms with van der Waals surface area (Å²) in [6.45, 7) is 2.85. The largest absolute Gasteiger partial charge is 0.419 e. The van der Waals surface area contributed by atoms with Gasteiger partial charge in [-0.1, -0.05) is 24.3 Å². The second kappa shape index (κ2) is 11.0. The Hall–Kier alpha value is -3.96. The second-order valence-electron chi connectivity index (χ2n) is 9.03. The molecule has 0 unspecified atom stereocenters. The van der Waals surface area contributed by atoms with Gasteiger partial charge in [0.05, 0.1) is 35.6 Å². The van der Waals surface area contributed by atoms with Crippen LogP contribution in [-0.2, 0) is 35.0 Å². The smallest absolute Gasteiger partial charge is 0.369 e. The van der Waals surface area contributed by atoms with Crippen molar-refractivity contribution in [2.24, 2.45) is 5.73 Å². The second-order valence-corrected chi connectivity index (χ2v) is 9.03. The van der Waals surface area contributed by atoms with Crippen molar-refractivity contribution in [3.05, 3.63) is 65.2 Å². The van der Waals surface area contributed by atoms with Crippen LogP contribution in [0.1, 0.15) is 48.2 Å². The Morgan fingerprint density at radius 3 is 2.46 bits per heavy atom. The first-order valence-electron chi connectivity index (χ1n) is 11.9. The lowest BCUT2D eigenvalue weighted by molar-refractivity contribution is -0.138. The van der Waals surface area contributed by atoms with Gasteiger partial charge in [-0.3, -0.25) is 14.3 Å². The Morgan fingerprint density at radius 2 is 1.81 bits per heavy atom.